The summed E-state index contributed by atoms with van der Waals surface area (Å²) in [5, 5.41) is 12.7. The van der Waals surface area contributed by atoms with Gasteiger partial charge in [0.1, 0.15) is 11.1 Å². The quantitative estimate of drug-likeness (QED) is 0.478. The van der Waals surface area contributed by atoms with Crippen LogP contribution >= 0.6 is 11.3 Å². The molecule has 0 amide bonds. The van der Waals surface area contributed by atoms with Crippen LogP contribution in [0.15, 0.2) is 65.6 Å². The van der Waals surface area contributed by atoms with Gasteiger partial charge in [-0.2, -0.15) is 5.26 Å². The first kappa shape index (κ1) is 17.7. The summed E-state index contributed by atoms with van der Waals surface area (Å²) in [6.45, 7) is 2.08. The monoisotopic (exact) mass is 370 g/mol. The Bertz CT molecular complexity index is 981. The molecule has 1 fully saturated rings. The summed E-state index contributed by atoms with van der Waals surface area (Å²) in [7, 11) is 0. The number of hydrogen-bond acceptors (Lipinski definition) is 3. The molecule has 134 valence electrons. The first-order chi connectivity index (χ1) is 13.2. The van der Waals surface area contributed by atoms with E-state index in [0.717, 1.165) is 47.5 Å². The van der Waals surface area contributed by atoms with E-state index in [4.69, 9.17) is 4.98 Å². The molecule has 1 aliphatic carbocycles. The standard InChI is InChI=1S/C24H22N2S/c1-17-7-9-21(10-8-17)23-16-27-24(26-23)22(15-25)20-13-11-19(12-14-20)18-5-3-2-4-6-18/h2-10,16,19H,11-14H2,1H3. The van der Waals surface area contributed by atoms with E-state index in [9.17, 15) is 5.26 Å². The second kappa shape index (κ2) is 7.90. The van der Waals surface area contributed by atoms with Gasteiger partial charge in [-0.15, -0.1) is 11.3 Å². The van der Waals surface area contributed by atoms with Crippen LogP contribution in [0.2, 0.25) is 0 Å². The maximum atomic E-state index is 9.79. The van der Waals surface area contributed by atoms with Crippen molar-refractivity contribution >= 4 is 16.9 Å². The van der Waals surface area contributed by atoms with Crippen molar-refractivity contribution in [2.24, 2.45) is 0 Å². The number of nitrogens with zero attached hydrogens (tertiary/aromatic N) is 2. The van der Waals surface area contributed by atoms with Gasteiger partial charge in [-0.3, -0.25) is 0 Å². The molecular formula is C24H22N2S. The molecule has 0 atom stereocenters. The second-order valence-corrected chi connectivity index (χ2v) is 8.04. The Hall–Kier alpha value is -2.70. The van der Waals surface area contributed by atoms with Crippen LogP contribution in [-0.2, 0) is 0 Å². The minimum atomic E-state index is 0.606. The molecule has 1 aromatic heterocycles. The fraction of sp³-hybridized carbons (Fsp3) is 0.250. The van der Waals surface area contributed by atoms with Crippen LogP contribution in [0.1, 0.15) is 47.7 Å². The third-order valence-corrected chi connectivity index (χ3v) is 6.25. The van der Waals surface area contributed by atoms with Gasteiger partial charge in [0.25, 0.3) is 0 Å². The summed E-state index contributed by atoms with van der Waals surface area (Å²) in [4.78, 5) is 4.77. The van der Waals surface area contributed by atoms with E-state index >= 15 is 0 Å². The maximum absolute atomic E-state index is 9.79. The van der Waals surface area contributed by atoms with E-state index in [0.29, 0.717) is 5.92 Å². The Morgan fingerprint density at radius 1 is 1.04 bits per heavy atom. The zero-order valence-corrected chi connectivity index (χ0v) is 16.3. The van der Waals surface area contributed by atoms with Gasteiger partial charge in [-0.25, -0.2) is 4.98 Å². The Balaban J connectivity index is 1.54. The lowest BCUT2D eigenvalue weighted by molar-refractivity contribution is 0.518. The van der Waals surface area contributed by atoms with E-state index < -0.39 is 0 Å². The second-order valence-electron chi connectivity index (χ2n) is 7.18. The maximum Gasteiger partial charge on any atom is 0.134 e. The van der Waals surface area contributed by atoms with Gasteiger partial charge >= 0.3 is 0 Å². The average molecular weight is 371 g/mol. The molecule has 0 bridgehead atoms. The van der Waals surface area contributed by atoms with Gasteiger partial charge in [0, 0.05) is 10.9 Å². The predicted molar refractivity (Wildman–Crippen MR) is 112 cm³/mol. The number of aromatic nitrogens is 1. The summed E-state index contributed by atoms with van der Waals surface area (Å²) in [6.07, 6.45) is 4.20. The summed E-state index contributed by atoms with van der Waals surface area (Å²) < 4.78 is 0. The van der Waals surface area contributed by atoms with Crippen molar-refractivity contribution < 1.29 is 0 Å². The molecule has 0 radical (unpaired) electrons. The van der Waals surface area contributed by atoms with Crippen LogP contribution in [0, 0.1) is 18.3 Å². The topological polar surface area (TPSA) is 36.7 Å². The summed E-state index contributed by atoms with van der Waals surface area (Å²) in [5.74, 6) is 0.606. The molecule has 0 spiro atoms. The molecular weight excluding hydrogens is 348 g/mol. The van der Waals surface area contributed by atoms with E-state index in [-0.39, 0.29) is 0 Å². The Morgan fingerprint density at radius 3 is 2.41 bits per heavy atom. The van der Waals surface area contributed by atoms with Crippen molar-refractivity contribution in [3.8, 4) is 17.3 Å². The Kier molecular flexibility index (Phi) is 5.18. The summed E-state index contributed by atoms with van der Waals surface area (Å²) >= 11 is 1.58. The molecule has 3 heteroatoms. The number of aryl methyl sites for hydroxylation is 1. The zero-order valence-electron chi connectivity index (χ0n) is 15.5. The Labute approximate surface area is 164 Å². The van der Waals surface area contributed by atoms with Crippen LogP contribution in [0.5, 0.6) is 0 Å². The third kappa shape index (κ3) is 3.86. The van der Waals surface area contributed by atoms with E-state index in [1.165, 1.54) is 16.7 Å². The highest BCUT2D eigenvalue weighted by Gasteiger charge is 2.22. The normalized spacial score (nSPS) is 16.7. The van der Waals surface area contributed by atoms with Gasteiger partial charge in [0.05, 0.1) is 11.3 Å². The first-order valence-corrected chi connectivity index (χ1v) is 10.3. The number of rotatable bonds is 3. The van der Waals surface area contributed by atoms with Crippen molar-refractivity contribution in [2.45, 2.75) is 38.5 Å². The van der Waals surface area contributed by atoms with Crippen molar-refractivity contribution in [3.63, 3.8) is 0 Å². The van der Waals surface area contributed by atoms with Gasteiger partial charge in [0.2, 0.25) is 0 Å². The number of nitriles is 1. The molecule has 27 heavy (non-hydrogen) atoms. The lowest BCUT2D eigenvalue weighted by Gasteiger charge is -2.24. The van der Waals surface area contributed by atoms with Crippen LogP contribution in [0.25, 0.3) is 16.8 Å². The van der Waals surface area contributed by atoms with E-state index in [2.05, 4.69) is 73.0 Å². The molecule has 2 nitrogen and oxygen atoms in total. The SMILES string of the molecule is Cc1ccc(-c2csc(C(C#N)=C3CCC(c4ccccc4)CC3)n2)cc1. The lowest BCUT2D eigenvalue weighted by Crippen LogP contribution is -2.07. The van der Waals surface area contributed by atoms with E-state index in [1.54, 1.807) is 11.3 Å². The molecule has 1 aliphatic rings. The average Bonchev–Trinajstić information content (AvgIpc) is 3.20. The highest BCUT2D eigenvalue weighted by molar-refractivity contribution is 7.11. The van der Waals surface area contributed by atoms with Crippen LogP contribution in [0.3, 0.4) is 0 Å². The molecule has 1 heterocycles. The van der Waals surface area contributed by atoms with Crippen molar-refractivity contribution in [2.75, 3.05) is 0 Å². The largest absolute Gasteiger partial charge is 0.235 e. The molecule has 0 saturated heterocycles. The highest BCUT2D eigenvalue weighted by Crippen LogP contribution is 2.39. The number of hydrogen-bond donors (Lipinski definition) is 0. The summed E-state index contributed by atoms with van der Waals surface area (Å²) in [5.41, 5.74) is 6.80. The molecule has 3 aromatic rings. The molecule has 0 unspecified atom stereocenters. The fourth-order valence-electron chi connectivity index (χ4n) is 3.80. The van der Waals surface area contributed by atoms with Crippen LogP contribution in [-0.4, -0.2) is 4.98 Å². The smallest absolute Gasteiger partial charge is 0.134 e. The highest BCUT2D eigenvalue weighted by atomic mass is 32.1. The van der Waals surface area contributed by atoms with Crippen molar-refractivity contribution in [1.82, 2.24) is 4.98 Å². The number of thiazole rings is 1. The predicted octanol–water partition coefficient (Wildman–Crippen LogP) is 6.75. The Morgan fingerprint density at radius 2 is 1.74 bits per heavy atom. The molecule has 2 aromatic carbocycles. The van der Waals surface area contributed by atoms with Gasteiger partial charge in [-0.05, 0) is 49.7 Å². The van der Waals surface area contributed by atoms with Crippen LogP contribution < -0.4 is 0 Å². The molecule has 4 rings (SSSR count). The summed E-state index contributed by atoms with van der Waals surface area (Å²) in [6, 6.07) is 21.6. The number of benzene rings is 2. The molecule has 0 aliphatic heterocycles. The van der Waals surface area contributed by atoms with Gasteiger partial charge < -0.3 is 0 Å². The van der Waals surface area contributed by atoms with Crippen molar-refractivity contribution in [3.05, 3.63) is 81.7 Å². The molecule has 1 saturated carbocycles. The van der Waals surface area contributed by atoms with Crippen molar-refractivity contribution in [1.29, 1.82) is 5.26 Å². The lowest BCUT2D eigenvalue weighted by atomic mass is 9.80. The van der Waals surface area contributed by atoms with Crippen LogP contribution in [0.4, 0.5) is 0 Å². The zero-order chi connectivity index (χ0) is 18.6. The molecule has 0 N–H and O–H groups in total. The first-order valence-electron chi connectivity index (χ1n) is 9.44. The number of allylic oxidation sites excluding steroid dienone is 2. The van der Waals surface area contributed by atoms with Gasteiger partial charge in [-0.1, -0.05) is 60.2 Å². The minimum Gasteiger partial charge on any atom is -0.235 e. The fourth-order valence-corrected chi connectivity index (χ4v) is 4.67. The third-order valence-electron chi connectivity index (χ3n) is 5.39. The van der Waals surface area contributed by atoms with Gasteiger partial charge in [0.15, 0.2) is 0 Å². The van der Waals surface area contributed by atoms with E-state index in [1.807, 2.05) is 0 Å². The minimum absolute atomic E-state index is 0.606.